The standard InChI is InChI=1S/C27H44O6/c1-16(15-28)6-5-9-26(4,32)23-8-11-27(33)18-12-20(29)19-13-21(30)22(31)14-24(19,2)17(18)7-10-25(23,27)3/h12,16-17,19,21-23,28,30-33H,5-11,13-15H2,1-4H3/t16?,17-,19-,21+,22-,23-,24+,25+,26-,27+/m0/s1. The molecule has 3 fully saturated rings. The molecule has 3 saturated carbocycles. The van der Waals surface area contributed by atoms with E-state index in [1.807, 2.05) is 13.8 Å². The molecule has 6 heteroatoms. The number of ketones is 1. The molecule has 0 aromatic heterocycles. The monoisotopic (exact) mass is 464 g/mol. The molecular weight excluding hydrogens is 420 g/mol. The van der Waals surface area contributed by atoms with E-state index in [1.54, 1.807) is 6.08 Å². The van der Waals surface area contributed by atoms with Gasteiger partial charge in [0.1, 0.15) is 0 Å². The van der Waals surface area contributed by atoms with Crippen molar-refractivity contribution in [1.29, 1.82) is 0 Å². The summed E-state index contributed by atoms with van der Waals surface area (Å²) in [5.41, 5.74) is -2.28. The van der Waals surface area contributed by atoms with E-state index in [9.17, 15) is 30.3 Å². The Kier molecular flexibility index (Phi) is 6.45. The predicted octanol–water partition coefficient (Wildman–Crippen LogP) is 2.74. The van der Waals surface area contributed by atoms with Gasteiger partial charge in [0.05, 0.1) is 23.4 Å². The van der Waals surface area contributed by atoms with E-state index in [0.29, 0.717) is 25.7 Å². The third-order valence-electron chi connectivity index (χ3n) is 10.6. The topological polar surface area (TPSA) is 118 Å². The molecule has 0 aromatic carbocycles. The van der Waals surface area contributed by atoms with Gasteiger partial charge in [-0.15, -0.1) is 0 Å². The molecule has 0 spiro atoms. The predicted molar refractivity (Wildman–Crippen MR) is 125 cm³/mol. The highest BCUT2D eigenvalue weighted by molar-refractivity contribution is 5.95. The molecule has 0 aliphatic heterocycles. The summed E-state index contributed by atoms with van der Waals surface area (Å²) in [6.07, 6.45) is 5.68. The van der Waals surface area contributed by atoms with Gasteiger partial charge in [-0.25, -0.2) is 0 Å². The van der Waals surface area contributed by atoms with E-state index < -0.39 is 34.2 Å². The molecule has 4 rings (SSSR count). The van der Waals surface area contributed by atoms with Gasteiger partial charge in [0.2, 0.25) is 0 Å². The average molecular weight is 465 g/mol. The fourth-order valence-electron chi connectivity index (χ4n) is 8.44. The summed E-state index contributed by atoms with van der Waals surface area (Å²) < 4.78 is 0. The summed E-state index contributed by atoms with van der Waals surface area (Å²) in [6, 6.07) is 0. The second-order valence-corrected chi connectivity index (χ2v) is 12.6. The highest BCUT2D eigenvalue weighted by Crippen LogP contribution is 2.68. The number of fused-ring (bicyclic) bond motifs is 5. The van der Waals surface area contributed by atoms with Gasteiger partial charge in [0, 0.05) is 17.9 Å². The van der Waals surface area contributed by atoms with Crippen LogP contribution in [0, 0.1) is 34.5 Å². The van der Waals surface area contributed by atoms with Crippen LogP contribution >= 0.6 is 0 Å². The van der Waals surface area contributed by atoms with E-state index in [-0.39, 0.29) is 42.5 Å². The van der Waals surface area contributed by atoms with Crippen LogP contribution in [0.3, 0.4) is 0 Å². The zero-order chi connectivity index (χ0) is 24.4. The smallest absolute Gasteiger partial charge is 0.159 e. The number of aliphatic hydroxyl groups excluding tert-OH is 3. The van der Waals surface area contributed by atoms with Gasteiger partial charge in [-0.1, -0.05) is 27.2 Å². The Balaban J connectivity index is 1.62. The van der Waals surface area contributed by atoms with Gasteiger partial charge < -0.3 is 25.5 Å². The highest BCUT2D eigenvalue weighted by Gasteiger charge is 2.68. The normalized spacial score (nSPS) is 47.7. The molecule has 5 N–H and O–H groups in total. The molecule has 1 unspecified atom stereocenters. The van der Waals surface area contributed by atoms with Crippen molar-refractivity contribution in [2.75, 3.05) is 6.61 Å². The lowest BCUT2D eigenvalue weighted by Crippen LogP contribution is -2.61. The van der Waals surface area contributed by atoms with Crippen molar-refractivity contribution in [2.45, 2.75) is 109 Å². The summed E-state index contributed by atoms with van der Waals surface area (Å²) in [5, 5.41) is 53.7. The van der Waals surface area contributed by atoms with Crippen LogP contribution in [0.25, 0.3) is 0 Å². The van der Waals surface area contributed by atoms with E-state index in [2.05, 4.69) is 13.8 Å². The van der Waals surface area contributed by atoms with Gasteiger partial charge in [-0.3, -0.25) is 4.79 Å². The van der Waals surface area contributed by atoms with Crippen molar-refractivity contribution in [1.82, 2.24) is 0 Å². The molecule has 0 radical (unpaired) electrons. The lowest BCUT2D eigenvalue weighted by atomic mass is 9.45. The maximum atomic E-state index is 13.2. The first-order valence-corrected chi connectivity index (χ1v) is 13.0. The number of rotatable bonds is 6. The molecule has 4 aliphatic rings. The van der Waals surface area contributed by atoms with Crippen LogP contribution in [0.1, 0.15) is 85.5 Å². The molecule has 0 heterocycles. The second-order valence-electron chi connectivity index (χ2n) is 12.6. The number of allylic oxidation sites excluding steroid dienone is 1. The number of hydrogen-bond acceptors (Lipinski definition) is 6. The maximum absolute atomic E-state index is 13.2. The van der Waals surface area contributed by atoms with Crippen LogP contribution in [0.15, 0.2) is 11.6 Å². The van der Waals surface area contributed by atoms with Crippen LogP contribution in [0.5, 0.6) is 0 Å². The fourth-order valence-corrected chi connectivity index (χ4v) is 8.44. The quantitative estimate of drug-likeness (QED) is 0.413. The molecule has 0 amide bonds. The summed E-state index contributed by atoms with van der Waals surface area (Å²) in [5.74, 6) is -0.244. The molecule has 0 saturated heterocycles. The van der Waals surface area contributed by atoms with Crippen molar-refractivity contribution in [2.24, 2.45) is 34.5 Å². The van der Waals surface area contributed by atoms with Crippen molar-refractivity contribution >= 4 is 5.78 Å². The van der Waals surface area contributed by atoms with Crippen molar-refractivity contribution in [3.05, 3.63) is 11.6 Å². The first kappa shape index (κ1) is 25.3. The largest absolute Gasteiger partial charge is 0.396 e. The lowest BCUT2D eigenvalue weighted by Gasteiger charge is -2.60. The Morgan fingerprint density at radius 1 is 1.15 bits per heavy atom. The molecule has 0 bridgehead atoms. The molecule has 33 heavy (non-hydrogen) atoms. The minimum Gasteiger partial charge on any atom is -0.396 e. The number of aliphatic hydroxyl groups is 5. The van der Waals surface area contributed by atoms with Crippen LogP contribution < -0.4 is 0 Å². The molecule has 0 aromatic rings. The first-order chi connectivity index (χ1) is 15.3. The average Bonchev–Trinajstić information content (AvgIpc) is 3.02. The Labute approximate surface area is 198 Å². The van der Waals surface area contributed by atoms with Gasteiger partial charge in [0.15, 0.2) is 5.78 Å². The van der Waals surface area contributed by atoms with Crippen LogP contribution in [-0.4, -0.2) is 61.3 Å². The van der Waals surface area contributed by atoms with Crippen molar-refractivity contribution < 1.29 is 30.3 Å². The Hall–Kier alpha value is -0.790. The zero-order valence-electron chi connectivity index (χ0n) is 20.8. The first-order valence-electron chi connectivity index (χ1n) is 13.0. The molecule has 188 valence electrons. The summed E-state index contributed by atoms with van der Waals surface area (Å²) in [6.45, 7) is 8.19. The Morgan fingerprint density at radius 2 is 1.85 bits per heavy atom. The minimum absolute atomic E-state index is 0.00507. The van der Waals surface area contributed by atoms with Crippen molar-refractivity contribution in [3.63, 3.8) is 0 Å². The van der Waals surface area contributed by atoms with Crippen LogP contribution in [-0.2, 0) is 4.79 Å². The maximum Gasteiger partial charge on any atom is 0.159 e. The van der Waals surface area contributed by atoms with Crippen molar-refractivity contribution in [3.8, 4) is 0 Å². The molecule has 6 nitrogen and oxygen atoms in total. The summed E-state index contributed by atoms with van der Waals surface area (Å²) in [7, 11) is 0. The molecule has 10 atom stereocenters. The zero-order valence-corrected chi connectivity index (χ0v) is 20.8. The number of hydrogen-bond donors (Lipinski definition) is 5. The van der Waals surface area contributed by atoms with Gasteiger partial charge in [-0.05, 0) is 93.1 Å². The summed E-state index contributed by atoms with van der Waals surface area (Å²) in [4.78, 5) is 13.2. The van der Waals surface area contributed by atoms with E-state index in [1.165, 1.54) is 0 Å². The second kappa shape index (κ2) is 8.41. The Bertz CT molecular complexity index is 806. The van der Waals surface area contributed by atoms with Gasteiger partial charge in [-0.2, -0.15) is 0 Å². The van der Waals surface area contributed by atoms with E-state index in [4.69, 9.17) is 0 Å². The van der Waals surface area contributed by atoms with Crippen LogP contribution in [0.4, 0.5) is 0 Å². The molecular formula is C27H44O6. The lowest BCUT2D eigenvalue weighted by molar-refractivity contribution is -0.160. The third kappa shape index (κ3) is 3.76. The number of carbonyl (C=O) groups is 1. The SMILES string of the molecule is CC(CO)CCC[C@](C)(O)[C@H]1CC[C@@]2(O)C3=CC(=O)[C@@H]4C[C@@H](O)[C@@H](O)C[C@]4(C)[C@H]3CC[C@]12C. The number of carbonyl (C=O) groups excluding carboxylic acids is 1. The highest BCUT2D eigenvalue weighted by atomic mass is 16.3. The van der Waals surface area contributed by atoms with Crippen LogP contribution in [0.2, 0.25) is 0 Å². The van der Waals surface area contributed by atoms with E-state index >= 15 is 0 Å². The fraction of sp³-hybridized carbons (Fsp3) is 0.889. The van der Waals surface area contributed by atoms with Gasteiger partial charge >= 0.3 is 0 Å². The Morgan fingerprint density at radius 3 is 2.52 bits per heavy atom. The summed E-state index contributed by atoms with van der Waals surface area (Å²) >= 11 is 0. The van der Waals surface area contributed by atoms with Gasteiger partial charge in [0.25, 0.3) is 0 Å². The third-order valence-corrected chi connectivity index (χ3v) is 10.6. The minimum atomic E-state index is -1.15. The van der Waals surface area contributed by atoms with E-state index in [0.717, 1.165) is 31.3 Å². The molecule has 4 aliphatic carbocycles.